The Balaban J connectivity index is 1.50. The van der Waals surface area contributed by atoms with Gasteiger partial charge in [-0.3, -0.25) is 0 Å². The lowest BCUT2D eigenvalue weighted by Gasteiger charge is -2.12. The number of nitrogens with one attached hydrogen (secondary N) is 1. The van der Waals surface area contributed by atoms with Crippen molar-refractivity contribution in [2.45, 2.75) is 44.4 Å². The zero-order valence-electron chi connectivity index (χ0n) is 11.5. The average Bonchev–Trinajstić information content (AvgIpc) is 3.12. The molecule has 1 N–H and O–H groups in total. The molecule has 1 aromatic heterocycles. The quantitative estimate of drug-likeness (QED) is 0.885. The van der Waals surface area contributed by atoms with Crippen LogP contribution in [0.25, 0.3) is 0 Å². The molecule has 4 heteroatoms. The van der Waals surface area contributed by atoms with Gasteiger partial charge in [-0.15, -0.1) is 0 Å². The molecule has 0 bridgehead atoms. The van der Waals surface area contributed by atoms with Crippen LogP contribution in [0.1, 0.15) is 50.1 Å². The SMILES string of the molecule is c1nc(NCCC2CCCC2)cc(C2CCOC2)n1. The van der Waals surface area contributed by atoms with Gasteiger partial charge in [0.15, 0.2) is 0 Å². The summed E-state index contributed by atoms with van der Waals surface area (Å²) in [5, 5.41) is 3.44. The second-order valence-electron chi connectivity index (χ2n) is 5.75. The minimum atomic E-state index is 0.457. The largest absolute Gasteiger partial charge is 0.381 e. The van der Waals surface area contributed by atoms with Crippen LogP contribution in [0.15, 0.2) is 12.4 Å². The molecule has 104 valence electrons. The van der Waals surface area contributed by atoms with E-state index in [0.29, 0.717) is 5.92 Å². The maximum Gasteiger partial charge on any atom is 0.129 e. The lowest BCUT2D eigenvalue weighted by atomic mass is 10.0. The summed E-state index contributed by atoms with van der Waals surface area (Å²) in [6.45, 7) is 2.69. The first-order valence-corrected chi connectivity index (χ1v) is 7.55. The summed E-state index contributed by atoms with van der Waals surface area (Å²) in [6.07, 6.45) is 9.69. The van der Waals surface area contributed by atoms with Crippen LogP contribution in [0.2, 0.25) is 0 Å². The normalized spacial score (nSPS) is 23.9. The number of aromatic nitrogens is 2. The van der Waals surface area contributed by atoms with Crippen LogP contribution in [0.4, 0.5) is 5.82 Å². The Labute approximate surface area is 115 Å². The van der Waals surface area contributed by atoms with Crippen LogP contribution >= 0.6 is 0 Å². The van der Waals surface area contributed by atoms with E-state index in [1.54, 1.807) is 6.33 Å². The van der Waals surface area contributed by atoms with Crippen molar-refractivity contribution in [2.75, 3.05) is 25.1 Å². The van der Waals surface area contributed by atoms with Crippen molar-refractivity contribution in [3.05, 3.63) is 18.1 Å². The van der Waals surface area contributed by atoms with Crippen LogP contribution in [-0.2, 0) is 4.74 Å². The van der Waals surface area contributed by atoms with E-state index in [1.807, 2.05) is 0 Å². The van der Waals surface area contributed by atoms with E-state index in [1.165, 1.54) is 32.1 Å². The summed E-state index contributed by atoms with van der Waals surface area (Å²) in [5.74, 6) is 2.35. The van der Waals surface area contributed by atoms with Crippen LogP contribution in [0.3, 0.4) is 0 Å². The predicted octanol–water partition coefficient (Wildman–Crippen LogP) is 2.97. The second kappa shape index (κ2) is 6.33. The molecule has 0 radical (unpaired) electrons. The van der Waals surface area contributed by atoms with Gasteiger partial charge in [-0.05, 0) is 18.8 Å². The Morgan fingerprint density at radius 2 is 2.11 bits per heavy atom. The molecule has 19 heavy (non-hydrogen) atoms. The second-order valence-corrected chi connectivity index (χ2v) is 5.75. The van der Waals surface area contributed by atoms with Crippen molar-refractivity contribution in [3.63, 3.8) is 0 Å². The molecule has 1 saturated carbocycles. The molecule has 1 aromatic rings. The van der Waals surface area contributed by atoms with Crippen molar-refractivity contribution in [2.24, 2.45) is 5.92 Å². The van der Waals surface area contributed by atoms with Gasteiger partial charge < -0.3 is 10.1 Å². The summed E-state index contributed by atoms with van der Waals surface area (Å²) in [4.78, 5) is 8.69. The third kappa shape index (κ3) is 3.44. The highest BCUT2D eigenvalue weighted by Crippen LogP contribution is 2.27. The zero-order chi connectivity index (χ0) is 12.9. The van der Waals surface area contributed by atoms with E-state index in [9.17, 15) is 0 Å². The molecule has 0 aromatic carbocycles. The highest BCUT2D eigenvalue weighted by atomic mass is 16.5. The molecule has 3 rings (SSSR count). The van der Waals surface area contributed by atoms with Crippen LogP contribution in [0.5, 0.6) is 0 Å². The van der Waals surface area contributed by atoms with Gasteiger partial charge >= 0.3 is 0 Å². The van der Waals surface area contributed by atoms with Crippen molar-refractivity contribution < 1.29 is 4.74 Å². The van der Waals surface area contributed by atoms with E-state index < -0.39 is 0 Å². The third-order valence-corrected chi connectivity index (χ3v) is 4.37. The highest BCUT2D eigenvalue weighted by molar-refractivity contribution is 5.35. The number of rotatable bonds is 5. The topological polar surface area (TPSA) is 47.0 Å². The molecule has 4 nitrogen and oxygen atoms in total. The first kappa shape index (κ1) is 12.9. The first-order chi connectivity index (χ1) is 9.42. The molecule has 0 amide bonds. The summed E-state index contributed by atoms with van der Waals surface area (Å²) >= 11 is 0. The summed E-state index contributed by atoms with van der Waals surface area (Å²) in [7, 11) is 0. The maximum atomic E-state index is 5.42. The summed E-state index contributed by atoms with van der Waals surface area (Å²) in [6, 6.07) is 2.09. The van der Waals surface area contributed by atoms with Gasteiger partial charge in [0.2, 0.25) is 0 Å². The molecule has 2 fully saturated rings. The molecule has 2 aliphatic rings. The van der Waals surface area contributed by atoms with E-state index in [2.05, 4.69) is 21.4 Å². The standard InChI is InChI=1S/C15H23N3O/c1-2-4-12(3-1)5-7-16-15-9-14(17-11-18-15)13-6-8-19-10-13/h9,11-13H,1-8,10H2,(H,16,17,18). The van der Waals surface area contributed by atoms with Gasteiger partial charge in [-0.2, -0.15) is 0 Å². The number of hydrogen-bond acceptors (Lipinski definition) is 4. The molecule has 0 spiro atoms. The minimum absolute atomic E-state index is 0.457. The number of nitrogens with zero attached hydrogens (tertiary/aromatic N) is 2. The van der Waals surface area contributed by atoms with Crippen molar-refractivity contribution in [3.8, 4) is 0 Å². The third-order valence-electron chi connectivity index (χ3n) is 4.37. The number of hydrogen-bond donors (Lipinski definition) is 1. The molecule has 2 heterocycles. The number of ether oxygens (including phenoxy) is 1. The van der Waals surface area contributed by atoms with Gasteiger partial charge in [0.1, 0.15) is 12.1 Å². The molecule has 1 unspecified atom stereocenters. The molecule has 1 aliphatic carbocycles. The number of anilines is 1. The Morgan fingerprint density at radius 1 is 1.21 bits per heavy atom. The highest BCUT2D eigenvalue weighted by Gasteiger charge is 2.19. The molecule has 1 atom stereocenters. The summed E-state index contributed by atoms with van der Waals surface area (Å²) < 4.78 is 5.42. The van der Waals surface area contributed by atoms with Crippen LogP contribution in [-0.4, -0.2) is 29.7 Å². The lowest BCUT2D eigenvalue weighted by molar-refractivity contribution is 0.193. The van der Waals surface area contributed by atoms with E-state index in [-0.39, 0.29) is 0 Å². The molecule has 1 saturated heterocycles. The van der Waals surface area contributed by atoms with E-state index in [4.69, 9.17) is 4.74 Å². The summed E-state index contributed by atoms with van der Waals surface area (Å²) in [5.41, 5.74) is 1.12. The van der Waals surface area contributed by atoms with Crippen LogP contribution in [0, 0.1) is 5.92 Å². The minimum Gasteiger partial charge on any atom is -0.381 e. The lowest BCUT2D eigenvalue weighted by Crippen LogP contribution is -2.09. The fourth-order valence-electron chi connectivity index (χ4n) is 3.16. The van der Waals surface area contributed by atoms with E-state index in [0.717, 1.165) is 43.6 Å². The molecule has 1 aliphatic heterocycles. The predicted molar refractivity (Wildman–Crippen MR) is 75.3 cm³/mol. The smallest absolute Gasteiger partial charge is 0.129 e. The Hall–Kier alpha value is -1.16. The van der Waals surface area contributed by atoms with Crippen molar-refractivity contribution >= 4 is 5.82 Å². The fourth-order valence-corrected chi connectivity index (χ4v) is 3.16. The van der Waals surface area contributed by atoms with Gasteiger partial charge in [-0.1, -0.05) is 25.7 Å². The Morgan fingerprint density at radius 3 is 2.89 bits per heavy atom. The maximum absolute atomic E-state index is 5.42. The average molecular weight is 261 g/mol. The zero-order valence-corrected chi connectivity index (χ0v) is 11.5. The Bertz CT molecular complexity index is 398. The van der Waals surface area contributed by atoms with Gasteiger partial charge in [-0.25, -0.2) is 9.97 Å². The van der Waals surface area contributed by atoms with Crippen LogP contribution < -0.4 is 5.32 Å². The van der Waals surface area contributed by atoms with Gasteiger partial charge in [0.25, 0.3) is 0 Å². The Kier molecular flexibility index (Phi) is 4.28. The fraction of sp³-hybridized carbons (Fsp3) is 0.733. The molecular weight excluding hydrogens is 238 g/mol. The van der Waals surface area contributed by atoms with Gasteiger partial charge in [0, 0.05) is 25.1 Å². The van der Waals surface area contributed by atoms with Crippen molar-refractivity contribution in [1.82, 2.24) is 9.97 Å². The monoisotopic (exact) mass is 261 g/mol. The first-order valence-electron chi connectivity index (χ1n) is 7.55. The van der Waals surface area contributed by atoms with Crippen molar-refractivity contribution in [1.29, 1.82) is 0 Å². The van der Waals surface area contributed by atoms with E-state index >= 15 is 0 Å². The van der Waals surface area contributed by atoms with Gasteiger partial charge in [0.05, 0.1) is 12.3 Å². The molecular formula is C15H23N3O.